The van der Waals surface area contributed by atoms with Crippen LogP contribution in [0.3, 0.4) is 0 Å². The molecule has 0 aliphatic carbocycles. The number of carboxylic acids is 1. The van der Waals surface area contributed by atoms with Gasteiger partial charge in [-0.05, 0) is 37.3 Å². The van der Waals surface area contributed by atoms with Gasteiger partial charge in [0.2, 0.25) is 5.76 Å². The Bertz CT molecular complexity index is 560. The van der Waals surface area contributed by atoms with Crippen molar-refractivity contribution in [2.45, 2.75) is 17.6 Å². The highest BCUT2D eigenvalue weighted by Crippen LogP contribution is 2.26. The number of furan rings is 1. The Morgan fingerprint density at radius 2 is 2.06 bits per heavy atom. The standard InChI is InChI=1S/C13H13NO3S/c1-8-9(6-12(17-8)13(15)16)7-18-11-4-2-10(14)3-5-11/h2-6H,7,14H2,1H3,(H,15,16). The van der Waals surface area contributed by atoms with E-state index >= 15 is 0 Å². The van der Waals surface area contributed by atoms with Gasteiger partial charge in [0.25, 0.3) is 0 Å². The number of nitrogen functional groups attached to an aromatic ring is 1. The fraction of sp³-hybridized carbons (Fsp3) is 0.154. The normalized spacial score (nSPS) is 10.5. The molecule has 1 aromatic heterocycles. The Morgan fingerprint density at radius 1 is 1.39 bits per heavy atom. The van der Waals surface area contributed by atoms with Crippen molar-refractivity contribution in [2.75, 3.05) is 5.73 Å². The SMILES string of the molecule is Cc1oc(C(=O)O)cc1CSc1ccc(N)cc1. The summed E-state index contributed by atoms with van der Waals surface area (Å²) in [6.07, 6.45) is 0. The molecule has 0 atom stereocenters. The lowest BCUT2D eigenvalue weighted by molar-refractivity contribution is 0.0661. The summed E-state index contributed by atoms with van der Waals surface area (Å²) in [4.78, 5) is 11.8. The molecule has 4 nitrogen and oxygen atoms in total. The summed E-state index contributed by atoms with van der Waals surface area (Å²) >= 11 is 1.61. The van der Waals surface area contributed by atoms with Crippen molar-refractivity contribution < 1.29 is 14.3 Å². The van der Waals surface area contributed by atoms with E-state index < -0.39 is 5.97 Å². The quantitative estimate of drug-likeness (QED) is 0.654. The molecule has 0 bridgehead atoms. The van der Waals surface area contributed by atoms with Gasteiger partial charge in [0, 0.05) is 21.9 Å². The number of carbonyl (C=O) groups is 1. The lowest BCUT2D eigenvalue weighted by Crippen LogP contribution is -1.91. The molecule has 2 rings (SSSR count). The van der Waals surface area contributed by atoms with Crippen LogP contribution in [0.2, 0.25) is 0 Å². The number of carboxylic acid groups (broad SMARTS) is 1. The smallest absolute Gasteiger partial charge is 0.371 e. The minimum atomic E-state index is -1.04. The maximum atomic E-state index is 10.8. The van der Waals surface area contributed by atoms with Crippen LogP contribution in [0.15, 0.2) is 39.6 Å². The van der Waals surface area contributed by atoms with Gasteiger partial charge in [0.1, 0.15) is 5.76 Å². The first-order chi connectivity index (χ1) is 8.56. The molecule has 0 aliphatic rings. The Labute approximate surface area is 109 Å². The molecule has 0 saturated heterocycles. The van der Waals surface area contributed by atoms with Gasteiger partial charge in [-0.25, -0.2) is 4.79 Å². The Hall–Kier alpha value is -1.88. The van der Waals surface area contributed by atoms with Crippen LogP contribution in [0.25, 0.3) is 0 Å². The molecule has 0 spiro atoms. The van der Waals surface area contributed by atoms with Gasteiger partial charge < -0.3 is 15.3 Å². The molecule has 0 saturated carbocycles. The average Bonchev–Trinajstić information content (AvgIpc) is 2.70. The third kappa shape index (κ3) is 2.87. The molecule has 0 fully saturated rings. The van der Waals surface area contributed by atoms with E-state index in [0.717, 1.165) is 16.1 Å². The molecule has 2 aromatic rings. The number of anilines is 1. The monoisotopic (exact) mass is 263 g/mol. The average molecular weight is 263 g/mol. The van der Waals surface area contributed by atoms with Crippen LogP contribution >= 0.6 is 11.8 Å². The number of aromatic carboxylic acids is 1. The fourth-order valence-electron chi connectivity index (χ4n) is 1.49. The molecule has 1 aromatic carbocycles. The summed E-state index contributed by atoms with van der Waals surface area (Å²) in [6.45, 7) is 1.77. The third-order valence-electron chi connectivity index (χ3n) is 2.51. The number of rotatable bonds is 4. The number of thioether (sulfide) groups is 1. The topological polar surface area (TPSA) is 76.5 Å². The highest BCUT2D eigenvalue weighted by atomic mass is 32.2. The van der Waals surface area contributed by atoms with Gasteiger partial charge in [-0.2, -0.15) is 0 Å². The number of hydrogen-bond donors (Lipinski definition) is 2. The minimum Gasteiger partial charge on any atom is -0.475 e. The number of aryl methyl sites for hydroxylation is 1. The zero-order valence-electron chi connectivity index (χ0n) is 9.84. The summed E-state index contributed by atoms with van der Waals surface area (Å²) in [6, 6.07) is 9.13. The van der Waals surface area contributed by atoms with E-state index in [2.05, 4.69) is 0 Å². The van der Waals surface area contributed by atoms with Crippen LogP contribution in [0.5, 0.6) is 0 Å². The van der Waals surface area contributed by atoms with E-state index in [9.17, 15) is 4.79 Å². The Kier molecular flexibility index (Phi) is 3.62. The lowest BCUT2D eigenvalue weighted by atomic mass is 10.3. The van der Waals surface area contributed by atoms with E-state index in [-0.39, 0.29) is 5.76 Å². The van der Waals surface area contributed by atoms with Crippen LogP contribution in [-0.2, 0) is 5.75 Å². The van der Waals surface area contributed by atoms with Gasteiger partial charge >= 0.3 is 5.97 Å². The van der Waals surface area contributed by atoms with E-state index in [1.54, 1.807) is 24.8 Å². The van der Waals surface area contributed by atoms with Crippen LogP contribution in [0.1, 0.15) is 21.9 Å². The Morgan fingerprint density at radius 3 is 2.61 bits per heavy atom. The first kappa shape index (κ1) is 12.6. The van der Waals surface area contributed by atoms with Gasteiger partial charge in [-0.1, -0.05) is 0 Å². The highest BCUT2D eigenvalue weighted by molar-refractivity contribution is 7.98. The van der Waals surface area contributed by atoms with Crippen LogP contribution < -0.4 is 5.73 Å². The van der Waals surface area contributed by atoms with E-state index in [1.807, 2.05) is 24.3 Å². The predicted octanol–water partition coefficient (Wildman–Crippen LogP) is 3.16. The summed E-state index contributed by atoms with van der Waals surface area (Å²) in [5, 5.41) is 8.82. The minimum absolute atomic E-state index is 0.0135. The lowest BCUT2D eigenvalue weighted by Gasteiger charge is -2.01. The number of nitrogens with two attached hydrogens (primary N) is 1. The van der Waals surface area contributed by atoms with Crippen LogP contribution in [0, 0.1) is 6.92 Å². The Balaban J connectivity index is 2.06. The summed E-state index contributed by atoms with van der Waals surface area (Å²) in [7, 11) is 0. The van der Waals surface area contributed by atoms with Crippen molar-refractivity contribution >= 4 is 23.4 Å². The molecular weight excluding hydrogens is 250 g/mol. The summed E-state index contributed by atoms with van der Waals surface area (Å²) < 4.78 is 5.15. The van der Waals surface area contributed by atoms with Crippen molar-refractivity contribution in [3.05, 3.63) is 47.4 Å². The first-order valence-corrected chi connectivity index (χ1v) is 6.36. The third-order valence-corrected chi connectivity index (χ3v) is 3.57. The van der Waals surface area contributed by atoms with Gasteiger partial charge in [-0.3, -0.25) is 0 Å². The van der Waals surface area contributed by atoms with Crippen molar-refractivity contribution in [3.8, 4) is 0 Å². The number of benzene rings is 1. The second kappa shape index (κ2) is 5.18. The molecule has 94 valence electrons. The molecule has 5 heteroatoms. The molecule has 3 N–H and O–H groups in total. The molecule has 0 unspecified atom stereocenters. The predicted molar refractivity (Wildman–Crippen MR) is 70.8 cm³/mol. The van der Waals surface area contributed by atoms with Crippen molar-refractivity contribution in [2.24, 2.45) is 0 Å². The number of hydrogen-bond acceptors (Lipinski definition) is 4. The van der Waals surface area contributed by atoms with Crippen molar-refractivity contribution in [1.82, 2.24) is 0 Å². The second-order valence-corrected chi connectivity index (χ2v) is 4.90. The molecule has 0 amide bonds. The molecule has 1 heterocycles. The van der Waals surface area contributed by atoms with Crippen molar-refractivity contribution in [3.63, 3.8) is 0 Å². The summed E-state index contributed by atoms with van der Waals surface area (Å²) in [5.41, 5.74) is 7.23. The van der Waals surface area contributed by atoms with E-state index in [0.29, 0.717) is 11.5 Å². The zero-order chi connectivity index (χ0) is 13.1. The van der Waals surface area contributed by atoms with E-state index in [1.165, 1.54) is 0 Å². The molecule has 0 radical (unpaired) electrons. The van der Waals surface area contributed by atoms with Crippen molar-refractivity contribution in [1.29, 1.82) is 0 Å². The zero-order valence-corrected chi connectivity index (χ0v) is 10.7. The maximum Gasteiger partial charge on any atom is 0.371 e. The fourth-order valence-corrected chi connectivity index (χ4v) is 2.43. The molecular formula is C13H13NO3S. The first-order valence-electron chi connectivity index (χ1n) is 5.37. The maximum absolute atomic E-state index is 10.8. The van der Waals surface area contributed by atoms with Crippen LogP contribution in [-0.4, -0.2) is 11.1 Å². The van der Waals surface area contributed by atoms with Gasteiger partial charge in [0.15, 0.2) is 0 Å². The van der Waals surface area contributed by atoms with Gasteiger partial charge in [-0.15, -0.1) is 11.8 Å². The summed E-state index contributed by atoms with van der Waals surface area (Å²) in [5.74, 6) is 0.268. The second-order valence-electron chi connectivity index (χ2n) is 3.85. The van der Waals surface area contributed by atoms with Crippen LogP contribution in [0.4, 0.5) is 5.69 Å². The molecule has 0 aliphatic heterocycles. The largest absolute Gasteiger partial charge is 0.475 e. The van der Waals surface area contributed by atoms with E-state index in [4.69, 9.17) is 15.3 Å². The highest BCUT2D eigenvalue weighted by Gasteiger charge is 2.12. The molecule has 18 heavy (non-hydrogen) atoms. The van der Waals surface area contributed by atoms with Gasteiger partial charge in [0.05, 0.1) is 0 Å².